The van der Waals surface area contributed by atoms with Gasteiger partial charge in [0.15, 0.2) is 0 Å². The monoisotopic (exact) mass is 210 g/mol. The molecule has 0 saturated carbocycles. The number of hydrogen-bond acceptors (Lipinski definition) is 3. The highest BCUT2D eigenvalue weighted by atomic mass is 19.1. The van der Waals surface area contributed by atoms with Gasteiger partial charge in [0.25, 0.3) is 5.91 Å². The summed E-state index contributed by atoms with van der Waals surface area (Å²) in [6.45, 7) is 0.659. The van der Waals surface area contributed by atoms with E-state index < -0.39 is 11.9 Å². The van der Waals surface area contributed by atoms with Gasteiger partial charge in [-0.1, -0.05) is 0 Å². The topological polar surface area (TPSA) is 66.6 Å². The Hall–Kier alpha value is -1.62. The largest absolute Gasteiger partial charge is 0.396 e. The van der Waals surface area contributed by atoms with Crippen molar-refractivity contribution in [2.24, 2.45) is 0 Å². The van der Waals surface area contributed by atoms with Crippen molar-refractivity contribution in [3.8, 4) is 0 Å². The predicted molar refractivity (Wildman–Crippen MR) is 52.7 cm³/mol. The Morgan fingerprint density at radius 1 is 1.53 bits per heavy atom. The van der Waals surface area contributed by atoms with Crippen LogP contribution in [0.4, 0.5) is 10.1 Å². The van der Waals surface area contributed by atoms with E-state index in [4.69, 9.17) is 10.8 Å². The smallest absolute Gasteiger partial charge is 0.254 e. The minimum atomic E-state index is -0.532. The fraction of sp³-hybridized carbons (Fsp3) is 0.300. The zero-order chi connectivity index (χ0) is 11.0. The molecular formula is C10H11FN2O2. The first-order valence-corrected chi connectivity index (χ1v) is 4.60. The molecule has 1 amide bonds. The zero-order valence-corrected chi connectivity index (χ0v) is 7.98. The number of aliphatic hydroxyl groups excluding tert-OH is 1. The summed E-state index contributed by atoms with van der Waals surface area (Å²) in [5.41, 5.74) is 5.66. The lowest BCUT2D eigenvalue weighted by Crippen LogP contribution is -2.53. The van der Waals surface area contributed by atoms with Gasteiger partial charge < -0.3 is 15.7 Å². The molecule has 1 fully saturated rings. The number of nitrogens with zero attached hydrogens (tertiary/aromatic N) is 1. The van der Waals surface area contributed by atoms with Gasteiger partial charge in [0.1, 0.15) is 5.82 Å². The van der Waals surface area contributed by atoms with E-state index in [1.807, 2.05) is 0 Å². The second kappa shape index (κ2) is 3.51. The van der Waals surface area contributed by atoms with Crippen LogP contribution in [0.2, 0.25) is 0 Å². The molecule has 0 bridgehead atoms. The lowest BCUT2D eigenvalue weighted by molar-refractivity contribution is 0.00589. The van der Waals surface area contributed by atoms with Crippen molar-refractivity contribution in [3.05, 3.63) is 29.6 Å². The average molecular weight is 210 g/mol. The number of nitrogens with two attached hydrogens (primary N) is 1. The SMILES string of the molecule is Nc1cc(C(=O)N2CC(O)C2)ccc1F. The molecular weight excluding hydrogens is 199 g/mol. The Morgan fingerprint density at radius 2 is 2.20 bits per heavy atom. The molecule has 1 aliphatic rings. The van der Waals surface area contributed by atoms with Crippen molar-refractivity contribution in [2.75, 3.05) is 18.8 Å². The summed E-state index contributed by atoms with van der Waals surface area (Å²) in [7, 11) is 0. The molecule has 3 N–H and O–H groups in total. The van der Waals surface area contributed by atoms with E-state index in [-0.39, 0.29) is 11.6 Å². The van der Waals surface area contributed by atoms with E-state index in [0.717, 1.165) is 0 Å². The highest BCUT2D eigenvalue weighted by molar-refractivity contribution is 5.95. The number of aliphatic hydroxyl groups is 1. The average Bonchev–Trinajstić information content (AvgIpc) is 2.16. The standard InChI is InChI=1S/C10H11FN2O2/c11-8-2-1-6(3-9(8)12)10(15)13-4-7(14)5-13/h1-3,7,14H,4-5,12H2. The molecule has 0 spiro atoms. The van der Waals surface area contributed by atoms with Crippen LogP contribution in [0, 0.1) is 5.82 Å². The summed E-state index contributed by atoms with van der Waals surface area (Å²) in [6.07, 6.45) is -0.438. The predicted octanol–water partition coefficient (Wildman–Crippen LogP) is 0.225. The van der Waals surface area contributed by atoms with Crippen LogP contribution in [0.5, 0.6) is 0 Å². The number of halogens is 1. The quantitative estimate of drug-likeness (QED) is 0.652. The first kappa shape index (κ1) is 9.92. The number of rotatable bonds is 1. The molecule has 1 aromatic carbocycles. The van der Waals surface area contributed by atoms with Crippen molar-refractivity contribution in [2.45, 2.75) is 6.10 Å². The number of carbonyl (C=O) groups excluding carboxylic acids is 1. The highest BCUT2D eigenvalue weighted by Gasteiger charge is 2.29. The van der Waals surface area contributed by atoms with Crippen LogP contribution < -0.4 is 5.73 Å². The molecule has 0 aliphatic carbocycles. The van der Waals surface area contributed by atoms with Crippen LogP contribution in [0.25, 0.3) is 0 Å². The molecule has 4 nitrogen and oxygen atoms in total. The number of nitrogen functional groups attached to an aromatic ring is 1. The van der Waals surface area contributed by atoms with Crippen LogP contribution >= 0.6 is 0 Å². The molecule has 0 aromatic heterocycles. The van der Waals surface area contributed by atoms with Crippen molar-refractivity contribution in [1.82, 2.24) is 4.90 Å². The van der Waals surface area contributed by atoms with E-state index in [0.29, 0.717) is 18.7 Å². The lowest BCUT2D eigenvalue weighted by atomic mass is 10.1. The van der Waals surface area contributed by atoms with E-state index in [9.17, 15) is 9.18 Å². The fourth-order valence-electron chi connectivity index (χ4n) is 1.48. The van der Waals surface area contributed by atoms with Gasteiger partial charge in [-0.05, 0) is 18.2 Å². The molecule has 0 radical (unpaired) electrons. The summed E-state index contributed by atoms with van der Waals surface area (Å²) in [4.78, 5) is 13.2. The van der Waals surface area contributed by atoms with Gasteiger partial charge in [-0.15, -0.1) is 0 Å². The molecule has 5 heteroatoms. The Labute approximate surface area is 86.1 Å². The summed E-state index contributed by atoms with van der Waals surface area (Å²) in [6, 6.07) is 3.86. The van der Waals surface area contributed by atoms with E-state index in [1.165, 1.54) is 23.1 Å². The number of carbonyl (C=O) groups is 1. The first-order chi connectivity index (χ1) is 7.08. The van der Waals surface area contributed by atoms with Gasteiger partial charge in [-0.2, -0.15) is 0 Å². The zero-order valence-electron chi connectivity index (χ0n) is 7.98. The molecule has 1 heterocycles. The third-order valence-corrected chi connectivity index (χ3v) is 2.39. The summed E-state index contributed by atoms with van der Waals surface area (Å²) < 4.78 is 12.8. The number of amides is 1. The number of hydrogen-bond donors (Lipinski definition) is 2. The molecule has 2 rings (SSSR count). The van der Waals surface area contributed by atoms with Crippen LogP contribution in [0.15, 0.2) is 18.2 Å². The number of β-amino-alcohol motifs (C(OH)–C–C–N with tert-alkyl or cyclic N) is 1. The van der Waals surface area contributed by atoms with Gasteiger partial charge in [0.05, 0.1) is 11.8 Å². The minimum Gasteiger partial charge on any atom is -0.396 e. The molecule has 1 aromatic rings. The summed E-state index contributed by atoms with van der Waals surface area (Å²) in [5.74, 6) is -0.762. The van der Waals surface area contributed by atoms with Crippen LogP contribution in [-0.4, -0.2) is 35.1 Å². The maximum atomic E-state index is 12.8. The normalized spacial score (nSPS) is 16.3. The Balaban J connectivity index is 2.16. The van der Waals surface area contributed by atoms with Gasteiger partial charge >= 0.3 is 0 Å². The lowest BCUT2D eigenvalue weighted by Gasteiger charge is -2.35. The van der Waals surface area contributed by atoms with Gasteiger partial charge in [-0.25, -0.2) is 4.39 Å². The van der Waals surface area contributed by atoms with Crippen molar-refractivity contribution in [3.63, 3.8) is 0 Å². The maximum absolute atomic E-state index is 12.8. The third kappa shape index (κ3) is 1.78. The van der Waals surface area contributed by atoms with Gasteiger partial charge in [0, 0.05) is 18.7 Å². The van der Waals surface area contributed by atoms with E-state index >= 15 is 0 Å². The third-order valence-electron chi connectivity index (χ3n) is 2.39. The Morgan fingerprint density at radius 3 is 2.73 bits per heavy atom. The number of anilines is 1. The van der Waals surface area contributed by atoms with E-state index in [2.05, 4.69) is 0 Å². The molecule has 80 valence electrons. The first-order valence-electron chi connectivity index (χ1n) is 4.60. The highest BCUT2D eigenvalue weighted by Crippen LogP contribution is 2.17. The fourth-order valence-corrected chi connectivity index (χ4v) is 1.48. The number of likely N-dealkylation sites (tertiary alicyclic amines) is 1. The second-order valence-electron chi connectivity index (χ2n) is 3.60. The molecule has 15 heavy (non-hydrogen) atoms. The Bertz CT molecular complexity index is 402. The van der Waals surface area contributed by atoms with E-state index in [1.54, 1.807) is 0 Å². The molecule has 1 saturated heterocycles. The molecule has 0 unspecified atom stereocenters. The number of benzene rings is 1. The van der Waals surface area contributed by atoms with Crippen LogP contribution in [0.1, 0.15) is 10.4 Å². The summed E-state index contributed by atoms with van der Waals surface area (Å²) >= 11 is 0. The maximum Gasteiger partial charge on any atom is 0.254 e. The van der Waals surface area contributed by atoms with Gasteiger partial charge in [0.2, 0.25) is 0 Å². The molecule has 0 atom stereocenters. The van der Waals surface area contributed by atoms with Crippen molar-refractivity contribution in [1.29, 1.82) is 0 Å². The minimum absolute atomic E-state index is 0.0399. The summed E-state index contributed by atoms with van der Waals surface area (Å²) in [5, 5.41) is 9.03. The Kier molecular flexibility index (Phi) is 2.32. The molecule has 1 aliphatic heterocycles. The van der Waals surface area contributed by atoms with Crippen LogP contribution in [0.3, 0.4) is 0 Å². The van der Waals surface area contributed by atoms with Crippen molar-refractivity contribution >= 4 is 11.6 Å². The van der Waals surface area contributed by atoms with Gasteiger partial charge in [-0.3, -0.25) is 4.79 Å². The van der Waals surface area contributed by atoms with Crippen LogP contribution in [-0.2, 0) is 0 Å². The van der Waals surface area contributed by atoms with Crippen molar-refractivity contribution < 1.29 is 14.3 Å². The second-order valence-corrected chi connectivity index (χ2v) is 3.60.